The third kappa shape index (κ3) is 10.5. The molecule has 0 saturated heterocycles. The van der Waals surface area contributed by atoms with Crippen molar-refractivity contribution in [1.29, 1.82) is 0 Å². The molecule has 0 amide bonds. The third-order valence-electron chi connectivity index (χ3n) is 5.97. The second-order valence-electron chi connectivity index (χ2n) is 9.01. The summed E-state index contributed by atoms with van der Waals surface area (Å²) in [7, 11) is 0. The molecule has 0 aliphatic heterocycles. The Balaban J connectivity index is 1.70. The molecule has 36 heavy (non-hydrogen) atoms. The van der Waals surface area contributed by atoms with Gasteiger partial charge in [-0.1, -0.05) is 123 Å². The molecule has 4 heteroatoms. The van der Waals surface area contributed by atoms with E-state index in [9.17, 15) is 5.11 Å². The first kappa shape index (κ1) is 27.8. The van der Waals surface area contributed by atoms with Gasteiger partial charge in [-0.3, -0.25) is 0 Å². The van der Waals surface area contributed by atoms with E-state index in [1.54, 1.807) is 0 Å². The zero-order valence-electron chi connectivity index (χ0n) is 21.4. The van der Waals surface area contributed by atoms with Crippen molar-refractivity contribution in [2.24, 2.45) is 0 Å². The molecule has 4 nitrogen and oxygen atoms in total. The van der Waals surface area contributed by atoms with Crippen molar-refractivity contribution >= 4 is 0 Å². The average molecular weight is 489 g/mol. The van der Waals surface area contributed by atoms with E-state index in [1.807, 2.05) is 91.0 Å². The van der Waals surface area contributed by atoms with Crippen molar-refractivity contribution < 1.29 is 19.3 Å². The Morgan fingerprint density at radius 1 is 0.694 bits per heavy atom. The Morgan fingerprint density at radius 2 is 1.22 bits per heavy atom. The van der Waals surface area contributed by atoms with E-state index < -0.39 is 18.3 Å². The lowest BCUT2D eigenvalue weighted by atomic mass is 10.1. The molecule has 0 aliphatic rings. The summed E-state index contributed by atoms with van der Waals surface area (Å²) in [5.41, 5.74) is 3.20. The number of hydrogen-bond donors (Lipinski definition) is 1. The predicted octanol–water partition coefficient (Wildman–Crippen LogP) is 6.87. The summed E-state index contributed by atoms with van der Waals surface area (Å²) in [5.74, 6) is 0. The van der Waals surface area contributed by atoms with Gasteiger partial charge in [0.25, 0.3) is 0 Å². The number of unbranched alkanes of at least 4 members (excludes halogenated alkanes) is 3. The molecule has 0 bridgehead atoms. The lowest BCUT2D eigenvalue weighted by molar-refractivity contribution is -0.133. The van der Waals surface area contributed by atoms with Gasteiger partial charge in [0, 0.05) is 0 Å². The van der Waals surface area contributed by atoms with Gasteiger partial charge in [-0.2, -0.15) is 0 Å². The van der Waals surface area contributed by atoms with Crippen LogP contribution in [0, 0.1) is 0 Å². The number of ether oxygens (including phenoxy) is 3. The van der Waals surface area contributed by atoms with E-state index >= 15 is 0 Å². The fraction of sp³-hybridized carbons (Fsp3) is 0.375. The van der Waals surface area contributed by atoms with Gasteiger partial charge >= 0.3 is 0 Å². The monoisotopic (exact) mass is 488 g/mol. The maximum absolute atomic E-state index is 11.2. The normalized spacial score (nSPS) is 14.1. The zero-order chi connectivity index (χ0) is 25.3. The van der Waals surface area contributed by atoms with Crippen molar-refractivity contribution in [3.8, 4) is 0 Å². The lowest BCUT2D eigenvalue weighted by Gasteiger charge is -2.29. The SMILES string of the molecule is CCCCC/C=C/[C@@H](OCc1ccccc1)[C@@H](OCc1ccccc1)[C@H](O)COCc1ccccc1. The zero-order valence-corrected chi connectivity index (χ0v) is 21.4. The molecule has 3 atom stereocenters. The van der Waals surface area contributed by atoms with Crippen LogP contribution in [0.15, 0.2) is 103 Å². The Morgan fingerprint density at radius 3 is 1.78 bits per heavy atom. The first-order valence-corrected chi connectivity index (χ1v) is 13.0. The summed E-state index contributed by atoms with van der Waals surface area (Å²) in [6.07, 6.45) is 6.86. The van der Waals surface area contributed by atoms with E-state index in [0.717, 1.165) is 29.5 Å². The minimum atomic E-state index is -0.849. The molecule has 0 heterocycles. The summed E-state index contributed by atoms with van der Waals surface area (Å²) in [6.45, 7) is 3.62. The second-order valence-corrected chi connectivity index (χ2v) is 9.01. The minimum Gasteiger partial charge on any atom is -0.388 e. The molecule has 0 saturated carbocycles. The number of rotatable bonds is 17. The van der Waals surface area contributed by atoms with Gasteiger partial charge < -0.3 is 19.3 Å². The molecule has 192 valence electrons. The summed E-state index contributed by atoms with van der Waals surface area (Å²) in [5, 5.41) is 11.2. The Kier molecular flexibility index (Phi) is 13.0. The van der Waals surface area contributed by atoms with Crippen LogP contribution >= 0.6 is 0 Å². The molecule has 3 aromatic rings. The van der Waals surface area contributed by atoms with Crippen LogP contribution in [0.2, 0.25) is 0 Å². The minimum absolute atomic E-state index is 0.156. The molecule has 0 unspecified atom stereocenters. The van der Waals surface area contributed by atoms with Crippen LogP contribution in [0.5, 0.6) is 0 Å². The highest BCUT2D eigenvalue weighted by molar-refractivity contribution is 5.15. The highest BCUT2D eigenvalue weighted by Gasteiger charge is 2.29. The largest absolute Gasteiger partial charge is 0.388 e. The Labute approximate surface area is 216 Å². The molecule has 0 aliphatic carbocycles. The first-order chi connectivity index (χ1) is 17.8. The number of aliphatic hydroxyl groups excluding tert-OH is 1. The van der Waals surface area contributed by atoms with Crippen molar-refractivity contribution in [3.63, 3.8) is 0 Å². The van der Waals surface area contributed by atoms with Crippen LogP contribution in [-0.2, 0) is 34.0 Å². The topological polar surface area (TPSA) is 47.9 Å². The summed E-state index contributed by atoms with van der Waals surface area (Å²) >= 11 is 0. The summed E-state index contributed by atoms with van der Waals surface area (Å²) < 4.78 is 18.5. The van der Waals surface area contributed by atoms with Crippen LogP contribution in [-0.4, -0.2) is 30.0 Å². The molecule has 1 N–H and O–H groups in total. The number of allylic oxidation sites excluding steroid dienone is 1. The van der Waals surface area contributed by atoms with Crippen molar-refractivity contribution in [1.82, 2.24) is 0 Å². The number of hydrogen-bond acceptors (Lipinski definition) is 4. The van der Waals surface area contributed by atoms with Crippen molar-refractivity contribution in [3.05, 3.63) is 120 Å². The van der Waals surface area contributed by atoms with E-state index in [0.29, 0.717) is 19.8 Å². The fourth-order valence-electron chi connectivity index (χ4n) is 3.93. The second kappa shape index (κ2) is 16.8. The standard InChI is InChI=1S/C32H40O4/c1-2-3-4-5-15-22-31(35-24-28-18-11-7-12-19-28)32(36-25-29-20-13-8-14-21-29)30(33)26-34-23-27-16-9-6-10-17-27/h6-22,30-33H,2-5,23-26H2,1H3/b22-15+/t30-,31-,32+/m1/s1. The van der Waals surface area contributed by atoms with Crippen LogP contribution in [0.3, 0.4) is 0 Å². The average Bonchev–Trinajstić information content (AvgIpc) is 2.93. The molecular formula is C32H40O4. The summed E-state index contributed by atoms with van der Waals surface area (Å²) in [4.78, 5) is 0. The van der Waals surface area contributed by atoms with E-state index in [-0.39, 0.29) is 6.61 Å². The van der Waals surface area contributed by atoms with E-state index in [1.165, 1.54) is 12.8 Å². The van der Waals surface area contributed by atoms with Crippen LogP contribution in [0.25, 0.3) is 0 Å². The molecule has 0 radical (unpaired) electrons. The summed E-state index contributed by atoms with van der Waals surface area (Å²) in [6, 6.07) is 30.1. The fourth-order valence-corrected chi connectivity index (χ4v) is 3.93. The number of benzene rings is 3. The van der Waals surface area contributed by atoms with Gasteiger partial charge in [0.15, 0.2) is 0 Å². The third-order valence-corrected chi connectivity index (χ3v) is 5.97. The highest BCUT2D eigenvalue weighted by Crippen LogP contribution is 2.18. The number of aliphatic hydroxyl groups is 1. The van der Waals surface area contributed by atoms with Gasteiger partial charge in [0.2, 0.25) is 0 Å². The Hall–Kier alpha value is -2.76. The van der Waals surface area contributed by atoms with Gasteiger partial charge in [-0.05, 0) is 29.5 Å². The predicted molar refractivity (Wildman–Crippen MR) is 145 cm³/mol. The van der Waals surface area contributed by atoms with Crippen LogP contribution in [0.1, 0.15) is 49.3 Å². The molecule has 0 fully saturated rings. The quantitative estimate of drug-likeness (QED) is 0.166. The van der Waals surface area contributed by atoms with Crippen molar-refractivity contribution in [2.45, 2.75) is 70.7 Å². The maximum atomic E-state index is 11.2. The van der Waals surface area contributed by atoms with Gasteiger partial charge in [0.1, 0.15) is 18.3 Å². The van der Waals surface area contributed by atoms with Gasteiger partial charge in [-0.25, -0.2) is 0 Å². The first-order valence-electron chi connectivity index (χ1n) is 13.0. The Bertz CT molecular complexity index is 959. The molecule has 3 aromatic carbocycles. The molecule has 3 rings (SSSR count). The van der Waals surface area contributed by atoms with Crippen LogP contribution < -0.4 is 0 Å². The maximum Gasteiger partial charge on any atom is 0.116 e. The smallest absolute Gasteiger partial charge is 0.116 e. The van der Waals surface area contributed by atoms with E-state index in [2.05, 4.69) is 19.1 Å². The van der Waals surface area contributed by atoms with Gasteiger partial charge in [0.05, 0.1) is 26.4 Å². The van der Waals surface area contributed by atoms with Gasteiger partial charge in [-0.15, -0.1) is 0 Å². The highest BCUT2D eigenvalue weighted by atomic mass is 16.6. The lowest BCUT2D eigenvalue weighted by Crippen LogP contribution is -2.42. The van der Waals surface area contributed by atoms with Crippen molar-refractivity contribution in [2.75, 3.05) is 6.61 Å². The van der Waals surface area contributed by atoms with Crippen LogP contribution in [0.4, 0.5) is 0 Å². The molecule has 0 aromatic heterocycles. The van der Waals surface area contributed by atoms with E-state index in [4.69, 9.17) is 14.2 Å². The molecule has 0 spiro atoms. The molecular weight excluding hydrogens is 448 g/mol.